The Balaban J connectivity index is 2.22. The quantitative estimate of drug-likeness (QED) is 0.681. The molecular weight excluding hydrogens is 273 g/mol. The summed E-state index contributed by atoms with van der Waals surface area (Å²) in [7, 11) is 1.55. The maximum atomic E-state index is 13.3. The first-order valence-corrected chi connectivity index (χ1v) is 6.72. The molecule has 0 aliphatic carbocycles. The number of carbonyl (C=O) groups excluding carboxylic acids is 2. The minimum absolute atomic E-state index is 0.108. The molecule has 0 radical (unpaired) electrons. The second-order valence-electron chi connectivity index (χ2n) is 5.92. The summed E-state index contributed by atoms with van der Waals surface area (Å²) in [5.41, 5.74) is -0.938. The van der Waals surface area contributed by atoms with Crippen molar-refractivity contribution in [3.05, 3.63) is 0 Å². The zero-order valence-corrected chi connectivity index (χ0v) is 11.7. The minimum Gasteiger partial charge on any atom is -0.345 e. The lowest BCUT2D eigenvalue weighted by molar-refractivity contribution is -0.229. The van der Waals surface area contributed by atoms with Crippen molar-refractivity contribution in [1.82, 2.24) is 9.80 Å². The van der Waals surface area contributed by atoms with Crippen molar-refractivity contribution in [1.29, 1.82) is 0 Å². The van der Waals surface area contributed by atoms with Crippen LogP contribution < -0.4 is 0 Å². The number of alkyl halides is 3. The van der Waals surface area contributed by atoms with Gasteiger partial charge in [-0.25, -0.2) is 0 Å². The minimum atomic E-state index is -4.37. The Bertz CT molecular complexity index is 414. The monoisotopic (exact) mass is 292 g/mol. The van der Waals surface area contributed by atoms with Gasteiger partial charge >= 0.3 is 6.18 Å². The first kappa shape index (κ1) is 15.1. The first-order valence-electron chi connectivity index (χ1n) is 6.72. The normalized spacial score (nSPS) is 27.1. The van der Waals surface area contributed by atoms with Crippen LogP contribution in [0, 0.1) is 11.3 Å². The van der Waals surface area contributed by atoms with Crippen molar-refractivity contribution in [3.63, 3.8) is 0 Å². The van der Waals surface area contributed by atoms with Crippen LogP contribution in [0.25, 0.3) is 0 Å². The zero-order valence-electron chi connectivity index (χ0n) is 11.7. The maximum Gasteiger partial charge on any atom is 0.392 e. The lowest BCUT2D eigenvalue weighted by atomic mass is 9.64. The number of halogens is 3. The fourth-order valence-electron chi connectivity index (χ4n) is 3.45. The van der Waals surface area contributed by atoms with Crippen LogP contribution in [0.15, 0.2) is 0 Å². The summed E-state index contributed by atoms with van der Waals surface area (Å²) in [5, 5.41) is 0. The second kappa shape index (κ2) is 4.93. The summed E-state index contributed by atoms with van der Waals surface area (Å²) in [5.74, 6) is -2.15. The topological polar surface area (TPSA) is 40.6 Å². The molecule has 114 valence electrons. The van der Waals surface area contributed by atoms with Crippen molar-refractivity contribution in [3.8, 4) is 0 Å². The lowest BCUT2D eigenvalue weighted by Gasteiger charge is -2.51. The molecule has 2 fully saturated rings. The van der Waals surface area contributed by atoms with E-state index < -0.39 is 29.8 Å². The van der Waals surface area contributed by atoms with Crippen LogP contribution in [0.1, 0.15) is 26.2 Å². The molecule has 1 atom stereocenters. The maximum absolute atomic E-state index is 13.3. The summed E-state index contributed by atoms with van der Waals surface area (Å²) in [6.07, 6.45) is -4.24. The van der Waals surface area contributed by atoms with Gasteiger partial charge in [0.15, 0.2) is 0 Å². The predicted octanol–water partition coefficient (Wildman–Crippen LogP) is 1.66. The summed E-state index contributed by atoms with van der Waals surface area (Å²) < 4.78 is 39.8. The molecule has 7 heteroatoms. The molecular formula is C13H19F3N2O2. The smallest absolute Gasteiger partial charge is 0.345 e. The average molecular weight is 292 g/mol. The zero-order chi connectivity index (χ0) is 15.1. The van der Waals surface area contributed by atoms with Crippen LogP contribution >= 0.6 is 0 Å². The fraction of sp³-hybridized carbons (Fsp3) is 0.846. The van der Waals surface area contributed by atoms with Gasteiger partial charge in [0, 0.05) is 45.4 Å². The molecule has 20 heavy (non-hydrogen) atoms. The molecule has 0 N–H and O–H groups in total. The summed E-state index contributed by atoms with van der Waals surface area (Å²) in [4.78, 5) is 25.9. The van der Waals surface area contributed by atoms with E-state index in [1.807, 2.05) is 0 Å². The van der Waals surface area contributed by atoms with E-state index >= 15 is 0 Å². The second-order valence-corrected chi connectivity index (χ2v) is 5.92. The van der Waals surface area contributed by atoms with Crippen LogP contribution in [0.2, 0.25) is 0 Å². The van der Waals surface area contributed by atoms with E-state index in [9.17, 15) is 22.8 Å². The van der Waals surface area contributed by atoms with Crippen molar-refractivity contribution in [2.24, 2.45) is 11.3 Å². The number of amides is 2. The SMILES string of the molecule is CC(=O)N1CCC2(CC1)CN(C)C(=O)C[C@H]2C(F)(F)F. The van der Waals surface area contributed by atoms with Gasteiger partial charge in [-0.05, 0) is 12.8 Å². The third-order valence-electron chi connectivity index (χ3n) is 4.70. The highest BCUT2D eigenvalue weighted by Gasteiger charge is 2.57. The van der Waals surface area contributed by atoms with Crippen molar-refractivity contribution < 1.29 is 22.8 Å². The molecule has 2 rings (SSSR count). The number of likely N-dealkylation sites (tertiary alicyclic amines) is 2. The molecule has 0 saturated carbocycles. The van der Waals surface area contributed by atoms with E-state index in [2.05, 4.69) is 0 Å². The Morgan fingerprint density at radius 3 is 2.30 bits per heavy atom. The molecule has 0 aromatic carbocycles. The third-order valence-corrected chi connectivity index (χ3v) is 4.70. The molecule has 2 saturated heterocycles. The summed E-state index contributed by atoms with van der Waals surface area (Å²) >= 11 is 0. The molecule has 0 aromatic rings. The predicted molar refractivity (Wildman–Crippen MR) is 65.7 cm³/mol. The standard InChI is InChI=1S/C13H19F3N2O2/c1-9(19)18-5-3-12(4-6-18)8-17(2)11(20)7-10(12)13(14,15)16/h10H,3-8H2,1-2H3/t10-/m1/s1. The Morgan fingerprint density at radius 1 is 1.30 bits per heavy atom. The van der Waals surface area contributed by atoms with Crippen molar-refractivity contribution in [2.75, 3.05) is 26.7 Å². The van der Waals surface area contributed by atoms with E-state index in [-0.39, 0.29) is 12.5 Å². The molecule has 2 amide bonds. The van der Waals surface area contributed by atoms with Gasteiger partial charge in [0.1, 0.15) is 0 Å². The summed E-state index contributed by atoms with van der Waals surface area (Å²) in [6, 6.07) is 0. The molecule has 0 aromatic heterocycles. The highest BCUT2D eigenvalue weighted by molar-refractivity contribution is 5.77. The van der Waals surface area contributed by atoms with Gasteiger partial charge in [0.2, 0.25) is 11.8 Å². The Kier molecular flexibility index (Phi) is 3.73. The van der Waals surface area contributed by atoms with E-state index in [0.29, 0.717) is 25.9 Å². The van der Waals surface area contributed by atoms with E-state index in [0.717, 1.165) is 0 Å². The molecule has 4 nitrogen and oxygen atoms in total. The van der Waals surface area contributed by atoms with Gasteiger partial charge in [0.25, 0.3) is 0 Å². The molecule has 0 bridgehead atoms. The van der Waals surface area contributed by atoms with Crippen LogP contribution in [-0.4, -0.2) is 54.5 Å². The van der Waals surface area contributed by atoms with Gasteiger partial charge in [0.05, 0.1) is 5.92 Å². The Labute approximate surface area is 115 Å². The van der Waals surface area contributed by atoms with Crippen LogP contribution in [0.4, 0.5) is 13.2 Å². The number of carbonyl (C=O) groups is 2. The molecule has 2 heterocycles. The van der Waals surface area contributed by atoms with Gasteiger partial charge in [-0.1, -0.05) is 0 Å². The first-order chi connectivity index (χ1) is 9.16. The van der Waals surface area contributed by atoms with Crippen molar-refractivity contribution >= 4 is 11.8 Å². The van der Waals surface area contributed by atoms with Gasteiger partial charge in [-0.3, -0.25) is 9.59 Å². The molecule has 2 aliphatic rings. The van der Waals surface area contributed by atoms with E-state index in [1.165, 1.54) is 11.8 Å². The van der Waals surface area contributed by atoms with Crippen LogP contribution in [-0.2, 0) is 9.59 Å². The molecule has 1 spiro atoms. The number of piperidine rings is 2. The van der Waals surface area contributed by atoms with E-state index in [4.69, 9.17) is 0 Å². The summed E-state index contributed by atoms with van der Waals surface area (Å²) in [6.45, 7) is 2.23. The van der Waals surface area contributed by atoms with Gasteiger partial charge < -0.3 is 9.80 Å². The number of hydrogen-bond acceptors (Lipinski definition) is 2. The van der Waals surface area contributed by atoms with Gasteiger partial charge in [-0.15, -0.1) is 0 Å². The van der Waals surface area contributed by atoms with Crippen molar-refractivity contribution in [2.45, 2.75) is 32.4 Å². The van der Waals surface area contributed by atoms with Gasteiger partial charge in [-0.2, -0.15) is 13.2 Å². The van der Waals surface area contributed by atoms with Crippen LogP contribution in [0.3, 0.4) is 0 Å². The lowest BCUT2D eigenvalue weighted by Crippen LogP contribution is -2.58. The van der Waals surface area contributed by atoms with E-state index in [1.54, 1.807) is 11.9 Å². The molecule has 0 unspecified atom stereocenters. The number of nitrogens with zero attached hydrogens (tertiary/aromatic N) is 2. The highest BCUT2D eigenvalue weighted by atomic mass is 19.4. The highest BCUT2D eigenvalue weighted by Crippen LogP contribution is 2.51. The molecule has 2 aliphatic heterocycles. The fourth-order valence-corrected chi connectivity index (χ4v) is 3.45. The Morgan fingerprint density at radius 2 is 1.85 bits per heavy atom. The number of rotatable bonds is 0. The van der Waals surface area contributed by atoms with Crippen LogP contribution in [0.5, 0.6) is 0 Å². The largest absolute Gasteiger partial charge is 0.392 e. The number of hydrogen-bond donors (Lipinski definition) is 0. The average Bonchev–Trinajstić information content (AvgIpc) is 2.33. The third kappa shape index (κ3) is 2.62. The Hall–Kier alpha value is -1.27.